The summed E-state index contributed by atoms with van der Waals surface area (Å²) in [6.45, 7) is 1.73. The van der Waals surface area contributed by atoms with Crippen LogP contribution in [-0.4, -0.2) is 11.9 Å². The van der Waals surface area contributed by atoms with Gasteiger partial charge in [0.05, 0.1) is 4.34 Å². The maximum Gasteiger partial charge on any atom is 0.178 e. The molecule has 1 atom stereocenters. The van der Waals surface area contributed by atoms with Crippen LogP contribution in [0.2, 0.25) is 9.36 Å². The van der Waals surface area contributed by atoms with Crippen LogP contribution in [0.15, 0.2) is 36.4 Å². The summed E-state index contributed by atoms with van der Waals surface area (Å²) in [5.74, 6) is 0.607. The van der Waals surface area contributed by atoms with Gasteiger partial charge in [0.2, 0.25) is 0 Å². The van der Waals surface area contributed by atoms with Crippen LogP contribution in [0.25, 0.3) is 0 Å². The molecule has 1 heterocycles. The van der Waals surface area contributed by atoms with E-state index in [2.05, 4.69) is 0 Å². The first-order valence-corrected chi connectivity index (χ1v) is 7.31. The van der Waals surface area contributed by atoms with Crippen LogP contribution in [0.4, 0.5) is 0 Å². The third-order valence-electron chi connectivity index (χ3n) is 2.54. The molecule has 2 rings (SSSR count). The maximum absolute atomic E-state index is 12.0. The van der Waals surface area contributed by atoms with E-state index in [1.165, 1.54) is 11.3 Å². The van der Waals surface area contributed by atoms with E-state index in [4.69, 9.17) is 27.9 Å². The maximum atomic E-state index is 12.0. The van der Waals surface area contributed by atoms with Gasteiger partial charge in [-0.05, 0) is 37.3 Å². The fraction of sp³-hybridized carbons (Fsp3) is 0.214. The Morgan fingerprint density at radius 2 is 2.11 bits per heavy atom. The lowest BCUT2D eigenvalue weighted by atomic mass is 10.1. The van der Waals surface area contributed by atoms with Gasteiger partial charge in [-0.3, -0.25) is 4.79 Å². The van der Waals surface area contributed by atoms with Crippen LogP contribution >= 0.6 is 34.5 Å². The summed E-state index contributed by atoms with van der Waals surface area (Å²) < 4.78 is 6.26. The number of thiophene rings is 1. The average molecular weight is 315 g/mol. The minimum absolute atomic E-state index is 0.0125. The van der Waals surface area contributed by atoms with Gasteiger partial charge in [-0.25, -0.2) is 0 Å². The first kappa shape index (κ1) is 14.4. The van der Waals surface area contributed by atoms with Gasteiger partial charge in [0.15, 0.2) is 11.9 Å². The molecular formula is C14H12Cl2O2S. The molecular weight excluding hydrogens is 303 g/mol. The van der Waals surface area contributed by atoms with Crippen LogP contribution in [0.3, 0.4) is 0 Å². The average Bonchev–Trinajstić information content (AvgIpc) is 2.74. The van der Waals surface area contributed by atoms with Crippen LogP contribution in [0, 0.1) is 0 Å². The topological polar surface area (TPSA) is 26.3 Å². The molecule has 100 valence electrons. The summed E-state index contributed by atoms with van der Waals surface area (Å²) in [7, 11) is 0. The van der Waals surface area contributed by atoms with Gasteiger partial charge in [-0.1, -0.05) is 29.3 Å². The number of Topliss-reactive ketones (excluding diaryl/α,β-unsaturated/α-hetero) is 1. The Labute approximate surface area is 125 Å². The van der Waals surface area contributed by atoms with E-state index >= 15 is 0 Å². The van der Waals surface area contributed by atoms with Crippen molar-refractivity contribution >= 4 is 40.3 Å². The molecule has 0 aliphatic heterocycles. The monoisotopic (exact) mass is 314 g/mol. The molecule has 1 aromatic heterocycles. The normalized spacial score (nSPS) is 12.2. The summed E-state index contributed by atoms with van der Waals surface area (Å²) in [4.78, 5) is 13.0. The number of halogens is 2. The van der Waals surface area contributed by atoms with Crippen LogP contribution in [-0.2, 0) is 11.2 Å². The van der Waals surface area contributed by atoms with Crippen LogP contribution in [0.5, 0.6) is 5.75 Å². The van der Waals surface area contributed by atoms with Gasteiger partial charge in [-0.15, -0.1) is 11.3 Å². The lowest BCUT2D eigenvalue weighted by molar-refractivity contribution is -0.124. The standard InChI is InChI=1S/C14H12Cl2O2S/c1-9(18-11-4-2-3-10(15)7-11)13(17)8-12-5-6-14(16)19-12/h2-7,9H,8H2,1H3. The molecule has 0 saturated carbocycles. The predicted molar refractivity (Wildman–Crippen MR) is 79.6 cm³/mol. The Hall–Kier alpha value is -1.03. The molecule has 2 nitrogen and oxygen atoms in total. The number of hydrogen-bond donors (Lipinski definition) is 0. The number of rotatable bonds is 5. The Morgan fingerprint density at radius 3 is 2.74 bits per heavy atom. The second kappa shape index (κ2) is 6.42. The van der Waals surface area contributed by atoms with Crippen molar-refractivity contribution in [2.24, 2.45) is 0 Å². The lowest BCUT2D eigenvalue weighted by Gasteiger charge is -2.13. The zero-order valence-corrected chi connectivity index (χ0v) is 12.6. The highest BCUT2D eigenvalue weighted by molar-refractivity contribution is 7.16. The largest absolute Gasteiger partial charge is 0.483 e. The van der Waals surface area contributed by atoms with Crippen LogP contribution < -0.4 is 4.74 Å². The minimum atomic E-state index is -0.514. The Bertz CT molecular complexity index is 580. The molecule has 0 spiro atoms. The fourth-order valence-corrected chi connectivity index (χ4v) is 2.85. The van der Waals surface area contributed by atoms with Gasteiger partial charge in [-0.2, -0.15) is 0 Å². The molecule has 0 bridgehead atoms. The second-order valence-corrected chi connectivity index (χ2v) is 6.30. The summed E-state index contributed by atoms with van der Waals surface area (Å²) in [6, 6.07) is 10.7. The Morgan fingerprint density at radius 1 is 1.32 bits per heavy atom. The third kappa shape index (κ3) is 4.23. The van der Waals surface area contributed by atoms with Crippen LogP contribution in [0.1, 0.15) is 11.8 Å². The minimum Gasteiger partial charge on any atom is -0.483 e. The van der Waals surface area contributed by atoms with Gasteiger partial charge >= 0.3 is 0 Å². The van der Waals surface area contributed by atoms with Gasteiger partial charge in [0.25, 0.3) is 0 Å². The molecule has 0 aliphatic carbocycles. The first-order valence-electron chi connectivity index (χ1n) is 5.74. The molecule has 0 N–H and O–H groups in total. The summed E-state index contributed by atoms with van der Waals surface area (Å²) in [6.07, 6.45) is -0.182. The molecule has 1 aromatic carbocycles. The third-order valence-corrected chi connectivity index (χ3v) is 4.01. The van der Waals surface area contributed by atoms with E-state index in [0.29, 0.717) is 21.5 Å². The molecule has 19 heavy (non-hydrogen) atoms. The van der Waals surface area contributed by atoms with Crippen molar-refractivity contribution in [2.45, 2.75) is 19.4 Å². The highest BCUT2D eigenvalue weighted by Crippen LogP contribution is 2.23. The van der Waals surface area contributed by atoms with E-state index < -0.39 is 6.10 Å². The molecule has 2 aromatic rings. The Kier molecular flexibility index (Phi) is 4.86. The second-order valence-electron chi connectivity index (χ2n) is 4.07. The number of carbonyl (C=O) groups excluding carboxylic acids is 1. The van der Waals surface area contributed by atoms with E-state index in [1.807, 2.05) is 6.07 Å². The van der Waals surface area contributed by atoms with Gasteiger partial charge < -0.3 is 4.74 Å². The van der Waals surface area contributed by atoms with Gasteiger partial charge in [0.1, 0.15) is 5.75 Å². The molecule has 0 radical (unpaired) electrons. The van der Waals surface area contributed by atoms with Crippen molar-refractivity contribution in [1.82, 2.24) is 0 Å². The number of ketones is 1. The lowest BCUT2D eigenvalue weighted by Crippen LogP contribution is -2.25. The summed E-state index contributed by atoms with van der Waals surface area (Å²) in [5, 5.41) is 0.585. The molecule has 0 amide bonds. The number of hydrogen-bond acceptors (Lipinski definition) is 3. The number of benzene rings is 1. The highest BCUT2D eigenvalue weighted by atomic mass is 35.5. The van der Waals surface area contributed by atoms with E-state index in [-0.39, 0.29) is 5.78 Å². The Balaban J connectivity index is 1.96. The van der Waals surface area contributed by atoms with Crippen molar-refractivity contribution in [1.29, 1.82) is 0 Å². The highest BCUT2D eigenvalue weighted by Gasteiger charge is 2.16. The molecule has 1 unspecified atom stereocenters. The number of ether oxygens (including phenoxy) is 1. The molecule has 5 heteroatoms. The van der Waals surface area contributed by atoms with E-state index in [1.54, 1.807) is 37.3 Å². The SMILES string of the molecule is CC(Oc1cccc(Cl)c1)C(=O)Cc1ccc(Cl)s1. The smallest absolute Gasteiger partial charge is 0.178 e. The fourth-order valence-electron chi connectivity index (χ4n) is 1.57. The zero-order chi connectivity index (χ0) is 13.8. The quantitative estimate of drug-likeness (QED) is 0.804. The van der Waals surface area contributed by atoms with Crippen molar-refractivity contribution < 1.29 is 9.53 Å². The number of carbonyl (C=O) groups is 1. The van der Waals surface area contributed by atoms with Crippen molar-refractivity contribution in [3.8, 4) is 5.75 Å². The van der Waals surface area contributed by atoms with E-state index in [9.17, 15) is 4.79 Å². The molecule has 0 saturated heterocycles. The summed E-state index contributed by atoms with van der Waals surface area (Å²) in [5.41, 5.74) is 0. The molecule has 0 aliphatic rings. The summed E-state index contributed by atoms with van der Waals surface area (Å²) >= 11 is 13.1. The van der Waals surface area contributed by atoms with Crippen molar-refractivity contribution in [3.05, 3.63) is 50.6 Å². The van der Waals surface area contributed by atoms with Crippen molar-refractivity contribution in [2.75, 3.05) is 0 Å². The molecule has 0 fully saturated rings. The predicted octanol–water partition coefficient (Wildman–Crippen LogP) is 4.63. The van der Waals surface area contributed by atoms with E-state index in [0.717, 1.165) is 4.88 Å². The zero-order valence-electron chi connectivity index (χ0n) is 10.2. The van der Waals surface area contributed by atoms with Gasteiger partial charge in [0, 0.05) is 16.3 Å². The van der Waals surface area contributed by atoms with Crippen molar-refractivity contribution in [3.63, 3.8) is 0 Å². The first-order chi connectivity index (χ1) is 9.04.